The van der Waals surface area contributed by atoms with Crippen molar-refractivity contribution in [1.82, 2.24) is 5.32 Å². The smallest absolute Gasteiger partial charge is 0.0442 e. The molecule has 3 heteroatoms. The third-order valence-corrected chi connectivity index (χ3v) is 4.07. The van der Waals surface area contributed by atoms with Crippen molar-refractivity contribution in [3.05, 3.63) is 33.8 Å². The van der Waals surface area contributed by atoms with E-state index in [9.17, 15) is 0 Å². The van der Waals surface area contributed by atoms with Crippen LogP contribution in [-0.2, 0) is 0 Å². The summed E-state index contributed by atoms with van der Waals surface area (Å²) >= 11 is 12.3. The number of likely N-dealkylation sites (N-methyl/N-ethyl adjacent to an activating group) is 1. The van der Waals surface area contributed by atoms with E-state index in [-0.39, 0.29) is 0 Å². The molecule has 1 N–H and O–H groups in total. The zero-order valence-electron chi connectivity index (χ0n) is 9.47. The predicted molar refractivity (Wildman–Crippen MR) is 70.5 cm³/mol. The van der Waals surface area contributed by atoms with Gasteiger partial charge in [-0.15, -0.1) is 0 Å². The molecule has 0 amide bonds. The Morgan fingerprint density at radius 1 is 1.19 bits per heavy atom. The van der Waals surface area contributed by atoms with Crippen LogP contribution in [0.1, 0.15) is 37.2 Å². The van der Waals surface area contributed by atoms with Crippen LogP contribution in [0.4, 0.5) is 0 Å². The van der Waals surface area contributed by atoms with Crippen LogP contribution in [0, 0.1) is 0 Å². The number of nitrogens with one attached hydrogen (secondary N) is 1. The van der Waals surface area contributed by atoms with Crippen molar-refractivity contribution in [2.45, 2.75) is 37.6 Å². The Balaban J connectivity index is 2.30. The van der Waals surface area contributed by atoms with Gasteiger partial charge in [0.15, 0.2) is 0 Å². The molecule has 1 nitrogen and oxygen atoms in total. The van der Waals surface area contributed by atoms with Crippen LogP contribution in [0.15, 0.2) is 18.2 Å². The Hall–Kier alpha value is -0.240. The summed E-state index contributed by atoms with van der Waals surface area (Å²) in [4.78, 5) is 0. The van der Waals surface area contributed by atoms with Crippen LogP contribution < -0.4 is 5.32 Å². The van der Waals surface area contributed by atoms with Gasteiger partial charge in [-0.2, -0.15) is 0 Å². The van der Waals surface area contributed by atoms with E-state index in [1.54, 1.807) is 0 Å². The largest absolute Gasteiger partial charge is 0.316 e. The summed E-state index contributed by atoms with van der Waals surface area (Å²) in [6.45, 7) is 0. The van der Waals surface area contributed by atoms with Crippen LogP contribution in [0.25, 0.3) is 0 Å². The molecule has 88 valence electrons. The lowest BCUT2D eigenvalue weighted by atomic mass is 9.80. The number of halogens is 2. The van der Waals surface area contributed by atoms with E-state index in [0.717, 1.165) is 10.0 Å². The second-order valence-electron chi connectivity index (χ2n) is 4.45. The maximum Gasteiger partial charge on any atom is 0.0442 e. The van der Waals surface area contributed by atoms with Gasteiger partial charge in [-0.25, -0.2) is 0 Å². The third-order valence-electron chi connectivity index (χ3n) is 3.49. The van der Waals surface area contributed by atoms with E-state index < -0.39 is 0 Å². The van der Waals surface area contributed by atoms with E-state index in [0.29, 0.717) is 12.0 Å². The number of benzene rings is 1. The molecule has 0 aliphatic heterocycles. The maximum atomic E-state index is 6.27. The highest BCUT2D eigenvalue weighted by Gasteiger charge is 2.26. The van der Waals surface area contributed by atoms with Gasteiger partial charge in [-0.3, -0.25) is 0 Å². The first-order valence-electron chi connectivity index (χ1n) is 5.84. The standard InChI is InChI=1S/C13H17Cl2N/c1-16-13-5-3-2-4-10(13)11-8-9(14)6-7-12(11)15/h6-8,10,13,16H,2-5H2,1H3. The minimum absolute atomic E-state index is 0.505. The van der Waals surface area contributed by atoms with Crippen molar-refractivity contribution in [2.75, 3.05) is 7.05 Å². The average Bonchev–Trinajstić information content (AvgIpc) is 2.32. The fraction of sp³-hybridized carbons (Fsp3) is 0.538. The molecule has 0 radical (unpaired) electrons. The van der Waals surface area contributed by atoms with E-state index in [4.69, 9.17) is 23.2 Å². The highest BCUT2D eigenvalue weighted by molar-refractivity contribution is 6.33. The molecule has 0 aromatic heterocycles. The van der Waals surface area contributed by atoms with E-state index in [1.165, 1.54) is 31.2 Å². The molecule has 16 heavy (non-hydrogen) atoms. The van der Waals surface area contributed by atoms with Crippen LogP contribution >= 0.6 is 23.2 Å². The molecule has 1 aliphatic carbocycles. The molecule has 1 saturated carbocycles. The van der Waals surface area contributed by atoms with E-state index in [1.807, 2.05) is 25.2 Å². The topological polar surface area (TPSA) is 12.0 Å². The summed E-state index contributed by atoms with van der Waals surface area (Å²) in [5.41, 5.74) is 1.20. The summed E-state index contributed by atoms with van der Waals surface area (Å²) in [5.74, 6) is 0.505. The summed E-state index contributed by atoms with van der Waals surface area (Å²) in [6, 6.07) is 6.31. The lowest BCUT2D eigenvalue weighted by Crippen LogP contribution is -2.34. The van der Waals surface area contributed by atoms with Crippen LogP contribution in [-0.4, -0.2) is 13.1 Å². The highest BCUT2D eigenvalue weighted by atomic mass is 35.5. The van der Waals surface area contributed by atoms with Gasteiger partial charge in [-0.1, -0.05) is 36.0 Å². The molecule has 0 saturated heterocycles. The Bertz CT molecular complexity index is 365. The normalized spacial score (nSPS) is 25.7. The van der Waals surface area contributed by atoms with Crippen molar-refractivity contribution >= 4 is 23.2 Å². The summed E-state index contributed by atoms with van der Waals surface area (Å²) in [7, 11) is 2.03. The van der Waals surface area contributed by atoms with Gasteiger partial charge < -0.3 is 5.32 Å². The minimum atomic E-state index is 0.505. The van der Waals surface area contributed by atoms with Gasteiger partial charge in [0.05, 0.1) is 0 Å². The molecule has 1 aromatic rings. The Kier molecular flexibility index (Phi) is 4.12. The minimum Gasteiger partial charge on any atom is -0.316 e. The summed E-state index contributed by atoms with van der Waals surface area (Å²) in [5, 5.41) is 5.02. The zero-order valence-corrected chi connectivity index (χ0v) is 11.0. The van der Waals surface area contributed by atoms with Crippen molar-refractivity contribution in [3.63, 3.8) is 0 Å². The molecule has 2 unspecified atom stereocenters. The van der Waals surface area contributed by atoms with Crippen molar-refractivity contribution in [3.8, 4) is 0 Å². The zero-order chi connectivity index (χ0) is 11.5. The lowest BCUT2D eigenvalue weighted by Gasteiger charge is -2.32. The second-order valence-corrected chi connectivity index (χ2v) is 5.30. The second kappa shape index (κ2) is 5.39. The first-order chi connectivity index (χ1) is 7.72. The van der Waals surface area contributed by atoms with Crippen LogP contribution in [0.5, 0.6) is 0 Å². The molecule has 2 atom stereocenters. The van der Waals surface area contributed by atoms with Gasteiger partial charge in [0.25, 0.3) is 0 Å². The first kappa shape index (κ1) is 12.2. The SMILES string of the molecule is CNC1CCCCC1c1cc(Cl)ccc1Cl. The Morgan fingerprint density at radius 2 is 1.94 bits per heavy atom. The molecule has 0 bridgehead atoms. The lowest BCUT2D eigenvalue weighted by molar-refractivity contribution is 0.344. The Morgan fingerprint density at radius 3 is 2.69 bits per heavy atom. The third kappa shape index (κ3) is 2.53. The first-order valence-corrected chi connectivity index (χ1v) is 6.60. The molecular formula is C13H17Cl2N. The number of hydrogen-bond acceptors (Lipinski definition) is 1. The molecule has 0 heterocycles. The summed E-state index contributed by atoms with van der Waals surface area (Å²) in [6.07, 6.45) is 5.02. The van der Waals surface area contributed by atoms with Crippen LogP contribution in [0.2, 0.25) is 10.0 Å². The van der Waals surface area contributed by atoms with Crippen molar-refractivity contribution in [1.29, 1.82) is 0 Å². The monoisotopic (exact) mass is 257 g/mol. The highest BCUT2D eigenvalue weighted by Crippen LogP contribution is 2.37. The van der Waals surface area contributed by atoms with Crippen molar-refractivity contribution in [2.24, 2.45) is 0 Å². The fourth-order valence-corrected chi connectivity index (χ4v) is 3.09. The fourth-order valence-electron chi connectivity index (χ4n) is 2.65. The van der Waals surface area contributed by atoms with Crippen LogP contribution in [0.3, 0.4) is 0 Å². The molecule has 1 aromatic carbocycles. The van der Waals surface area contributed by atoms with Gasteiger partial charge in [0.2, 0.25) is 0 Å². The molecule has 0 spiro atoms. The van der Waals surface area contributed by atoms with Gasteiger partial charge in [0.1, 0.15) is 0 Å². The molecular weight excluding hydrogens is 241 g/mol. The maximum absolute atomic E-state index is 6.27. The molecule has 1 aliphatic rings. The molecule has 2 rings (SSSR count). The van der Waals surface area contributed by atoms with Gasteiger partial charge in [0, 0.05) is 22.0 Å². The number of rotatable bonds is 2. The average molecular weight is 258 g/mol. The van der Waals surface area contributed by atoms with Crippen molar-refractivity contribution < 1.29 is 0 Å². The van der Waals surface area contributed by atoms with Gasteiger partial charge >= 0.3 is 0 Å². The Labute approximate surface area is 107 Å². The van der Waals surface area contributed by atoms with E-state index in [2.05, 4.69) is 5.32 Å². The predicted octanol–water partition coefficient (Wildman–Crippen LogP) is 4.24. The quantitative estimate of drug-likeness (QED) is 0.836. The molecule has 1 fully saturated rings. The van der Waals surface area contributed by atoms with Gasteiger partial charge in [-0.05, 0) is 43.7 Å². The van der Waals surface area contributed by atoms with E-state index >= 15 is 0 Å². The number of hydrogen-bond donors (Lipinski definition) is 1. The summed E-state index contributed by atoms with van der Waals surface area (Å²) < 4.78 is 0.